The van der Waals surface area contributed by atoms with Gasteiger partial charge >= 0.3 is 5.97 Å². The molecule has 0 aromatic heterocycles. The molecule has 0 spiro atoms. The van der Waals surface area contributed by atoms with Crippen molar-refractivity contribution in [3.05, 3.63) is 89.7 Å². The first-order chi connectivity index (χ1) is 15.8. The van der Waals surface area contributed by atoms with Crippen LogP contribution in [0.1, 0.15) is 10.4 Å². The zero-order valence-corrected chi connectivity index (χ0v) is 17.8. The lowest BCUT2D eigenvalue weighted by atomic mass is 10.2. The predicted molar refractivity (Wildman–Crippen MR) is 117 cm³/mol. The minimum Gasteiger partial charge on any atom is -0.452 e. The summed E-state index contributed by atoms with van der Waals surface area (Å²) in [5.74, 6) is -4.20. The standard InChI is InChI=1S/C23H17F3N2O4S/c24-14-5-8-16(9-6-14)27-22(30)13-33-20-4-2-1-3-17(20)23(31)32-12-21(29)28-19-10-7-15(25)11-18(19)26/h1-11H,12-13H2,(H,27,30)(H,28,29). The van der Waals surface area contributed by atoms with Crippen molar-refractivity contribution in [2.45, 2.75) is 4.90 Å². The quantitative estimate of drug-likeness (QED) is 0.367. The van der Waals surface area contributed by atoms with Crippen molar-refractivity contribution < 1.29 is 32.3 Å². The molecule has 0 bridgehead atoms. The Kier molecular flexibility index (Phi) is 8.09. The van der Waals surface area contributed by atoms with E-state index >= 15 is 0 Å². The minimum absolute atomic E-state index is 0.0357. The van der Waals surface area contributed by atoms with Gasteiger partial charge in [0.15, 0.2) is 6.61 Å². The summed E-state index contributed by atoms with van der Waals surface area (Å²) in [6, 6.07) is 14.3. The second-order valence-electron chi connectivity index (χ2n) is 6.59. The van der Waals surface area contributed by atoms with Crippen LogP contribution in [0.2, 0.25) is 0 Å². The number of rotatable bonds is 8. The van der Waals surface area contributed by atoms with E-state index in [4.69, 9.17) is 4.74 Å². The van der Waals surface area contributed by atoms with Crippen LogP contribution in [0.5, 0.6) is 0 Å². The summed E-state index contributed by atoms with van der Waals surface area (Å²) in [7, 11) is 0. The van der Waals surface area contributed by atoms with Gasteiger partial charge in [0.05, 0.1) is 17.0 Å². The maximum absolute atomic E-state index is 13.6. The molecular weight excluding hydrogens is 457 g/mol. The molecule has 3 aromatic carbocycles. The summed E-state index contributed by atoms with van der Waals surface area (Å²) in [6.07, 6.45) is 0. The predicted octanol–water partition coefficient (Wildman–Crippen LogP) is 4.63. The molecule has 0 aliphatic rings. The summed E-state index contributed by atoms with van der Waals surface area (Å²) in [6.45, 7) is -0.695. The molecule has 0 saturated carbocycles. The average Bonchev–Trinajstić information content (AvgIpc) is 2.79. The summed E-state index contributed by atoms with van der Waals surface area (Å²) in [4.78, 5) is 37.0. The van der Waals surface area contributed by atoms with Gasteiger partial charge < -0.3 is 15.4 Å². The van der Waals surface area contributed by atoms with Gasteiger partial charge in [-0.15, -0.1) is 11.8 Å². The third kappa shape index (κ3) is 7.11. The van der Waals surface area contributed by atoms with E-state index in [1.807, 2.05) is 0 Å². The summed E-state index contributed by atoms with van der Waals surface area (Å²) in [5.41, 5.74) is 0.316. The Morgan fingerprint density at radius 1 is 0.818 bits per heavy atom. The van der Waals surface area contributed by atoms with Crippen LogP contribution in [0.25, 0.3) is 0 Å². The minimum atomic E-state index is -0.963. The van der Waals surface area contributed by atoms with Crippen LogP contribution >= 0.6 is 11.8 Å². The third-order valence-electron chi connectivity index (χ3n) is 4.13. The molecule has 0 atom stereocenters. The Morgan fingerprint density at radius 3 is 2.24 bits per heavy atom. The molecular formula is C23H17F3N2O4S. The number of hydrogen-bond donors (Lipinski definition) is 2. The van der Waals surface area contributed by atoms with E-state index in [0.717, 1.165) is 23.9 Å². The first-order valence-electron chi connectivity index (χ1n) is 9.51. The normalized spacial score (nSPS) is 10.4. The molecule has 3 aromatic rings. The van der Waals surface area contributed by atoms with Gasteiger partial charge in [-0.05, 0) is 48.5 Å². The van der Waals surface area contributed by atoms with Crippen LogP contribution in [0, 0.1) is 17.5 Å². The topological polar surface area (TPSA) is 84.5 Å². The molecule has 2 N–H and O–H groups in total. The van der Waals surface area contributed by atoms with Crippen LogP contribution in [0.3, 0.4) is 0 Å². The lowest BCUT2D eigenvalue weighted by Gasteiger charge is -2.10. The van der Waals surface area contributed by atoms with Crippen molar-refractivity contribution in [3.8, 4) is 0 Å². The first kappa shape index (κ1) is 23.9. The summed E-state index contributed by atoms with van der Waals surface area (Å²) < 4.78 is 44.5. The fourth-order valence-electron chi connectivity index (χ4n) is 2.62. The smallest absolute Gasteiger partial charge is 0.339 e. The van der Waals surface area contributed by atoms with E-state index in [1.165, 1.54) is 30.3 Å². The van der Waals surface area contributed by atoms with Gasteiger partial charge in [-0.3, -0.25) is 9.59 Å². The second-order valence-corrected chi connectivity index (χ2v) is 7.61. The Morgan fingerprint density at radius 2 is 1.52 bits per heavy atom. The fourth-order valence-corrected chi connectivity index (χ4v) is 3.46. The van der Waals surface area contributed by atoms with Crippen LogP contribution in [-0.2, 0) is 14.3 Å². The molecule has 6 nitrogen and oxygen atoms in total. The number of benzene rings is 3. The first-order valence-corrected chi connectivity index (χ1v) is 10.5. The highest BCUT2D eigenvalue weighted by Crippen LogP contribution is 2.24. The number of amides is 2. The number of nitrogens with one attached hydrogen (secondary N) is 2. The Bertz CT molecular complexity index is 1170. The largest absolute Gasteiger partial charge is 0.452 e. The number of carbonyl (C=O) groups excluding carboxylic acids is 3. The number of hydrogen-bond acceptors (Lipinski definition) is 5. The van der Waals surface area contributed by atoms with Crippen LogP contribution < -0.4 is 10.6 Å². The number of esters is 1. The SMILES string of the molecule is O=C(CSc1ccccc1C(=O)OCC(=O)Nc1ccc(F)cc1F)Nc1ccc(F)cc1. The molecule has 0 unspecified atom stereocenters. The monoisotopic (exact) mass is 474 g/mol. The molecule has 0 aliphatic heterocycles. The molecule has 33 heavy (non-hydrogen) atoms. The Balaban J connectivity index is 1.54. The second kappa shape index (κ2) is 11.2. The van der Waals surface area contributed by atoms with Gasteiger partial charge in [-0.1, -0.05) is 12.1 Å². The van der Waals surface area contributed by atoms with Crippen LogP contribution in [0.4, 0.5) is 24.5 Å². The molecule has 0 radical (unpaired) electrons. The van der Waals surface area contributed by atoms with Crippen molar-refractivity contribution in [3.63, 3.8) is 0 Å². The van der Waals surface area contributed by atoms with Gasteiger partial charge in [0, 0.05) is 16.6 Å². The van der Waals surface area contributed by atoms with E-state index in [1.54, 1.807) is 18.2 Å². The lowest BCUT2D eigenvalue weighted by molar-refractivity contribution is -0.119. The van der Waals surface area contributed by atoms with Crippen molar-refractivity contribution in [1.82, 2.24) is 0 Å². The summed E-state index contributed by atoms with van der Waals surface area (Å²) >= 11 is 1.07. The van der Waals surface area contributed by atoms with Crippen molar-refractivity contribution in [2.75, 3.05) is 23.0 Å². The van der Waals surface area contributed by atoms with E-state index in [0.29, 0.717) is 16.6 Å². The van der Waals surface area contributed by atoms with Crippen LogP contribution in [0.15, 0.2) is 71.6 Å². The van der Waals surface area contributed by atoms with Crippen molar-refractivity contribution in [2.24, 2.45) is 0 Å². The van der Waals surface area contributed by atoms with Crippen molar-refractivity contribution >= 4 is 40.9 Å². The third-order valence-corrected chi connectivity index (χ3v) is 5.21. The molecule has 10 heteroatoms. The van der Waals surface area contributed by atoms with Gasteiger partial charge in [-0.2, -0.15) is 0 Å². The molecule has 0 fully saturated rings. The average molecular weight is 474 g/mol. The van der Waals surface area contributed by atoms with Crippen LogP contribution in [-0.4, -0.2) is 30.1 Å². The highest BCUT2D eigenvalue weighted by Gasteiger charge is 2.16. The molecule has 170 valence electrons. The lowest BCUT2D eigenvalue weighted by Crippen LogP contribution is -2.21. The molecule has 3 rings (SSSR count). The van der Waals surface area contributed by atoms with E-state index in [2.05, 4.69) is 10.6 Å². The van der Waals surface area contributed by atoms with Gasteiger partial charge in [0.1, 0.15) is 17.5 Å². The van der Waals surface area contributed by atoms with E-state index in [-0.39, 0.29) is 22.9 Å². The zero-order chi connectivity index (χ0) is 23.8. The van der Waals surface area contributed by atoms with Gasteiger partial charge in [0.25, 0.3) is 5.91 Å². The maximum atomic E-state index is 13.6. The van der Waals surface area contributed by atoms with Gasteiger partial charge in [0.2, 0.25) is 5.91 Å². The number of ether oxygens (including phenoxy) is 1. The Hall–Kier alpha value is -3.79. The number of carbonyl (C=O) groups is 3. The Labute approximate surface area is 191 Å². The maximum Gasteiger partial charge on any atom is 0.339 e. The van der Waals surface area contributed by atoms with Crippen molar-refractivity contribution in [1.29, 1.82) is 0 Å². The highest BCUT2D eigenvalue weighted by atomic mass is 32.2. The number of halogens is 3. The molecule has 0 saturated heterocycles. The fraction of sp³-hybridized carbons (Fsp3) is 0.0870. The summed E-state index contributed by atoms with van der Waals surface area (Å²) in [5, 5.41) is 4.80. The molecule has 0 heterocycles. The number of anilines is 2. The highest BCUT2D eigenvalue weighted by molar-refractivity contribution is 8.00. The molecule has 2 amide bonds. The zero-order valence-electron chi connectivity index (χ0n) is 16.9. The van der Waals surface area contributed by atoms with Gasteiger partial charge in [-0.25, -0.2) is 18.0 Å². The molecule has 0 aliphatic carbocycles. The van der Waals surface area contributed by atoms with E-state index in [9.17, 15) is 27.6 Å². The van der Waals surface area contributed by atoms with E-state index < -0.39 is 35.9 Å². The number of thioether (sulfide) groups is 1.